The number of amides is 2. The van der Waals surface area contributed by atoms with Gasteiger partial charge in [-0.3, -0.25) is 10.1 Å². The van der Waals surface area contributed by atoms with Gasteiger partial charge in [0.05, 0.1) is 31.1 Å². The lowest BCUT2D eigenvalue weighted by Crippen LogP contribution is -2.50. The van der Waals surface area contributed by atoms with Gasteiger partial charge in [0.2, 0.25) is 11.9 Å². The van der Waals surface area contributed by atoms with Gasteiger partial charge in [0.15, 0.2) is 0 Å². The highest BCUT2D eigenvalue weighted by Crippen LogP contribution is 2.39. The van der Waals surface area contributed by atoms with Gasteiger partial charge in [0, 0.05) is 25.5 Å². The number of rotatable bonds is 8. The van der Waals surface area contributed by atoms with Crippen LogP contribution < -0.4 is 10.1 Å². The van der Waals surface area contributed by atoms with Gasteiger partial charge in [0.25, 0.3) is 0 Å². The molecule has 0 unspecified atom stereocenters. The van der Waals surface area contributed by atoms with E-state index in [1.807, 2.05) is 0 Å². The number of halogens is 3. The third-order valence-electron chi connectivity index (χ3n) is 6.63. The van der Waals surface area contributed by atoms with Crippen LogP contribution in [0.1, 0.15) is 91.7 Å². The molecule has 266 valence electrons. The van der Waals surface area contributed by atoms with E-state index in [0.29, 0.717) is 38.6 Å². The average Bonchev–Trinajstić information content (AvgIpc) is 3.30. The summed E-state index contributed by atoms with van der Waals surface area (Å²) in [5.74, 6) is -0.689. The number of nitrogens with one attached hydrogen (secondary N) is 1. The SMILES string of the molecule is CC(=O)OCCCCOc1ccc(C2=CCCOC([C@@H]3CCCN3C(=NC(=O)OC(C)(C)C)NC(=O)OC(C)(C)C)=N2)cc1C(F)(F)F. The Morgan fingerprint density at radius 2 is 1.73 bits per heavy atom. The predicted molar refractivity (Wildman–Crippen MR) is 172 cm³/mol. The highest BCUT2D eigenvalue weighted by atomic mass is 19.4. The van der Waals surface area contributed by atoms with Gasteiger partial charge in [-0.15, -0.1) is 4.99 Å². The maximum absolute atomic E-state index is 14.2. The Morgan fingerprint density at radius 1 is 1.04 bits per heavy atom. The van der Waals surface area contributed by atoms with Crippen molar-refractivity contribution in [1.82, 2.24) is 10.2 Å². The summed E-state index contributed by atoms with van der Waals surface area (Å²) in [4.78, 5) is 46.7. The van der Waals surface area contributed by atoms with Crippen molar-refractivity contribution in [2.75, 3.05) is 26.4 Å². The van der Waals surface area contributed by atoms with Crippen molar-refractivity contribution in [3.63, 3.8) is 0 Å². The van der Waals surface area contributed by atoms with Crippen molar-refractivity contribution >= 4 is 35.7 Å². The Morgan fingerprint density at radius 3 is 2.38 bits per heavy atom. The van der Waals surface area contributed by atoms with Gasteiger partial charge in [0.1, 0.15) is 23.0 Å². The van der Waals surface area contributed by atoms with E-state index in [1.165, 1.54) is 19.1 Å². The summed E-state index contributed by atoms with van der Waals surface area (Å²) >= 11 is 0. The Hall–Kier alpha value is -4.30. The summed E-state index contributed by atoms with van der Waals surface area (Å²) in [5.41, 5.74) is -2.18. The topological polar surface area (TPSA) is 137 Å². The Kier molecular flexibility index (Phi) is 12.9. The molecule has 1 aromatic carbocycles. The molecule has 0 saturated carbocycles. The van der Waals surface area contributed by atoms with Crippen molar-refractivity contribution in [3.8, 4) is 5.75 Å². The van der Waals surface area contributed by atoms with Crippen molar-refractivity contribution in [1.29, 1.82) is 0 Å². The summed E-state index contributed by atoms with van der Waals surface area (Å²) in [5, 5.41) is 2.55. The molecule has 48 heavy (non-hydrogen) atoms. The molecule has 12 nitrogen and oxygen atoms in total. The molecule has 1 atom stereocenters. The third kappa shape index (κ3) is 12.4. The van der Waals surface area contributed by atoms with Gasteiger partial charge in [-0.05, 0) is 85.4 Å². The minimum Gasteiger partial charge on any atom is -0.493 e. The monoisotopic (exact) mass is 682 g/mol. The smallest absolute Gasteiger partial charge is 0.437 e. The van der Waals surface area contributed by atoms with Gasteiger partial charge in [-0.25, -0.2) is 14.6 Å². The number of alkyl halides is 3. The second-order valence-electron chi connectivity index (χ2n) is 13.2. The molecule has 3 rings (SSSR count). The number of ether oxygens (including phenoxy) is 5. The lowest BCUT2D eigenvalue weighted by Gasteiger charge is -2.29. The van der Waals surface area contributed by atoms with Crippen LogP contribution in [0.2, 0.25) is 0 Å². The molecule has 0 aromatic heterocycles. The summed E-state index contributed by atoms with van der Waals surface area (Å²) in [6.07, 6.45) is -2.49. The van der Waals surface area contributed by atoms with E-state index in [0.717, 1.165) is 6.07 Å². The van der Waals surface area contributed by atoms with E-state index in [4.69, 9.17) is 23.7 Å². The number of likely N-dealkylation sites (tertiary alicyclic amines) is 1. The number of benzene rings is 1. The number of unbranched alkanes of at least 4 members (excludes halogenated alkanes) is 1. The van der Waals surface area contributed by atoms with E-state index in [9.17, 15) is 27.6 Å². The standard InChI is InChI=1S/C33H45F3N4O8/c1-21(41)44-17-8-9-18-45-26-15-14-22(20-23(26)33(34,35)36)24-12-11-19-46-27(37-24)25-13-10-16-40(25)28(38-29(42)47-31(2,3)4)39-30(43)48-32(5,6)7/h12,14-15,20,25H,8-11,13,16-19H2,1-7H3,(H,38,39,42,43)/t25-/m0/s1. The normalized spacial score (nSPS) is 17.4. The molecule has 2 aliphatic heterocycles. The molecule has 2 heterocycles. The first-order valence-electron chi connectivity index (χ1n) is 15.8. The van der Waals surface area contributed by atoms with Crippen LogP contribution in [0.3, 0.4) is 0 Å². The van der Waals surface area contributed by atoms with Gasteiger partial charge < -0.3 is 28.6 Å². The van der Waals surface area contributed by atoms with E-state index in [-0.39, 0.29) is 48.7 Å². The first kappa shape index (κ1) is 38.2. The van der Waals surface area contributed by atoms with Crippen LogP contribution in [0.4, 0.5) is 22.8 Å². The number of aliphatic imine (C=N–C) groups is 2. The Balaban J connectivity index is 1.89. The minimum absolute atomic E-state index is 0.00452. The molecule has 0 spiro atoms. The van der Waals surface area contributed by atoms with E-state index < -0.39 is 47.1 Å². The van der Waals surface area contributed by atoms with Gasteiger partial charge in [-0.2, -0.15) is 13.2 Å². The summed E-state index contributed by atoms with van der Waals surface area (Å²) in [6, 6.07) is 3.12. The molecule has 1 N–H and O–H groups in total. The number of hydrogen-bond acceptors (Lipinski definition) is 9. The third-order valence-corrected chi connectivity index (χ3v) is 6.63. The van der Waals surface area contributed by atoms with Crippen LogP contribution >= 0.6 is 0 Å². The maximum atomic E-state index is 14.2. The first-order chi connectivity index (χ1) is 22.3. The zero-order valence-electron chi connectivity index (χ0n) is 28.5. The van der Waals surface area contributed by atoms with Crippen LogP contribution in [0.25, 0.3) is 5.70 Å². The van der Waals surface area contributed by atoms with Crippen molar-refractivity contribution in [2.45, 2.75) is 104 Å². The van der Waals surface area contributed by atoms with Crippen molar-refractivity contribution in [2.24, 2.45) is 9.98 Å². The number of esters is 1. The molecule has 1 saturated heterocycles. The van der Waals surface area contributed by atoms with Crippen LogP contribution in [0.5, 0.6) is 5.75 Å². The molecule has 1 aromatic rings. The Bertz CT molecular complexity index is 1410. The van der Waals surface area contributed by atoms with Crippen LogP contribution in [0.15, 0.2) is 34.3 Å². The second kappa shape index (κ2) is 16.2. The van der Waals surface area contributed by atoms with Gasteiger partial charge >= 0.3 is 24.3 Å². The Labute approximate surface area is 278 Å². The predicted octanol–water partition coefficient (Wildman–Crippen LogP) is 6.87. The average molecular weight is 683 g/mol. The molecular weight excluding hydrogens is 637 g/mol. The zero-order chi connectivity index (χ0) is 35.7. The summed E-state index contributed by atoms with van der Waals surface area (Å²) in [6.45, 7) is 12.1. The molecule has 0 bridgehead atoms. The fraction of sp³-hybridized carbons (Fsp3) is 0.606. The minimum atomic E-state index is -4.71. The number of guanidine groups is 1. The van der Waals surface area contributed by atoms with Crippen molar-refractivity contribution < 1.29 is 51.2 Å². The molecular formula is C33H45F3N4O8. The summed E-state index contributed by atoms with van der Waals surface area (Å²) < 4.78 is 69.5. The van der Waals surface area contributed by atoms with Crippen LogP contribution in [-0.4, -0.2) is 78.5 Å². The van der Waals surface area contributed by atoms with Crippen LogP contribution in [-0.2, 0) is 29.9 Å². The van der Waals surface area contributed by atoms with E-state index in [1.54, 1.807) is 52.5 Å². The molecule has 15 heteroatoms. The number of carbonyl (C=O) groups excluding carboxylic acids is 3. The van der Waals surface area contributed by atoms with Gasteiger partial charge in [-0.1, -0.05) is 6.08 Å². The molecule has 2 amide bonds. The fourth-order valence-corrected chi connectivity index (χ4v) is 4.75. The molecule has 1 fully saturated rings. The number of hydrogen-bond donors (Lipinski definition) is 1. The highest BCUT2D eigenvalue weighted by molar-refractivity contribution is 6.01. The zero-order valence-corrected chi connectivity index (χ0v) is 28.5. The second-order valence-corrected chi connectivity index (χ2v) is 13.2. The molecule has 0 aliphatic carbocycles. The van der Waals surface area contributed by atoms with Crippen LogP contribution in [0, 0.1) is 0 Å². The quantitative estimate of drug-likeness (QED) is 0.102. The summed E-state index contributed by atoms with van der Waals surface area (Å²) in [7, 11) is 0. The highest BCUT2D eigenvalue weighted by Gasteiger charge is 2.37. The van der Waals surface area contributed by atoms with Crippen molar-refractivity contribution in [3.05, 3.63) is 35.4 Å². The lowest BCUT2D eigenvalue weighted by atomic mass is 10.1. The lowest BCUT2D eigenvalue weighted by molar-refractivity contribution is -0.141. The molecule has 0 radical (unpaired) electrons. The van der Waals surface area contributed by atoms with E-state index in [2.05, 4.69) is 15.3 Å². The maximum Gasteiger partial charge on any atom is 0.437 e. The number of nitrogens with zero attached hydrogens (tertiary/aromatic N) is 3. The molecule has 2 aliphatic rings. The largest absolute Gasteiger partial charge is 0.493 e. The number of carbonyl (C=O) groups is 3. The first-order valence-corrected chi connectivity index (χ1v) is 15.8. The number of alkyl carbamates (subject to hydrolysis) is 1. The van der Waals surface area contributed by atoms with E-state index >= 15 is 0 Å². The fourth-order valence-electron chi connectivity index (χ4n) is 4.75.